The van der Waals surface area contributed by atoms with E-state index in [0.717, 1.165) is 36.6 Å². The lowest BCUT2D eigenvalue weighted by molar-refractivity contribution is 0.0862. The van der Waals surface area contributed by atoms with E-state index < -0.39 is 11.8 Å². The van der Waals surface area contributed by atoms with E-state index in [0.29, 0.717) is 30.4 Å². The SMILES string of the molecule is Cc1cc(N(C(=O)c2ccc(Cn3nc(C)c(Br)c3C)o2)C(=O)c2ccc(Cn3nc(C)c(Br)c3C)o2)no1. The molecule has 0 radical (unpaired) electrons. The minimum atomic E-state index is -0.713. The summed E-state index contributed by atoms with van der Waals surface area (Å²) in [5.74, 6) is -0.0701. The lowest BCUT2D eigenvalue weighted by Gasteiger charge is -2.15. The molecule has 5 heterocycles. The fourth-order valence-corrected chi connectivity index (χ4v) is 4.66. The minimum Gasteiger partial charge on any atom is -0.454 e. The van der Waals surface area contributed by atoms with Crippen molar-refractivity contribution in [2.45, 2.75) is 47.7 Å². The largest absolute Gasteiger partial charge is 0.454 e. The van der Waals surface area contributed by atoms with E-state index in [9.17, 15) is 9.59 Å². The molecule has 0 aliphatic rings. The monoisotopic (exact) mass is 658 g/mol. The second-order valence-corrected chi connectivity index (χ2v) is 10.6. The van der Waals surface area contributed by atoms with Crippen LogP contribution in [0.1, 0.15) is 61.2 Å². The molecule has 0 aromatic carbocycles. The average Bonchev–Trinajstić information content (AvgIpc) is 3.72. The van der Waals surface area contributed by atoms with Crippen LogP contribution in [0.2, 0.25) is 0 Å². The van der Waals surface area contributed by atoms with E-state index in [4.69, 9.17) is 13.4 Å². The molecular weight excluding hydrogens is 636 g/mol. The quantitative estimate of drug-likeness (QED) is 0.198. The highest BCUT2D eigenvalue weighted by atomic mass is 79.9. The third-order valence-electron chi connectivity index (χ3n) is 6.19. The van der Waals surface area contributed by atoms with E-state index in [1.807, 2.05) is 27.7 Å². The Morgan fingerprint density at radius 1 is 0.795 bits per heavy atom. The Labute approximate surface area is 240 Å². The van der Waals surface area contributed by atoms with E-state index in [1.54, 1.807) is 28.4 Å². The molecule has 0 N–H and O–H groups in total. The van der Waals surface area contributed by atoms with Crippen molar-refractivity contribution in [2.75, 3.05) is 4.90 Å². The summed E-state index contributed by atoms with van der Waals surface area (Å²) in [6.07, 6.45) is 0. The number of hydrogen-bond donors (Lipinski definition) is 0. The topological polar surface area (TPSA) is 125 Å². The van der Waals surface area contributed by atoms with E-state index in [2.05, 4.69) is 47.2 Å². The molecule has 13 heteroatoms. The molecule has 5 rings (SSSR count). The molecule has 0 spiro atoms. The third kappa shape index (κ3) is 5.15. The van der Waals surface area contributed by atoms with Crippen molar-refractivity contribution < 1.29 is 22.9 Å². The molecule has 2 amide bonds. The van der Waals surface area contributed by atoms with Gasteiger partial charge in [-0.1, -0.05) is 5.16 Å². The van der Waals surface area contributed by atoms with Gasteiger partial charge in [-0.15, -0.1) is 0 Å². The number of carbonyl (C=O) groups excluding carboxylic acids is 2. The molecule has 0 bridgehead atoms. The standard InChI is InChI=1S/C26H24Br2N6O5/c1-13-10-22(31-39-13)34(25(35)20-8-6-18(37-20)11-32-16(4)23(27)14(2)29-32)26(36)21-9-7-19(38-21)12-33-17(5)24(28)15(3)30-33/h6-10H,11-12H2,1-5H3. The summed E-state index contributed by atoms with van der Waals surface area (Å²) < 4.78 is 22.2. The van der Waals surface area contributed by atoms with Crippen LogP contribution < -0.4 is 4.90 Å². The summed E-state index contributed by atoms with van der Waals surface area (Å²) in [5.41, 5.74) is 3.54. The number of imide groups is 1. The van der Waals surface area contributed by atoms with Gasteiger partial charge in [-0.25, -0.2) is 4.90 Å². The first-order chi connectivity index (χ1) is 18.5. The lowest BCUT2D eigenvalue weighted by Crippen LogP contribution is -2.37. The van der Waals surface area contributed by atoms with Crippen LogP contribution in [0.3, 0.4) is 0 Å². The number of carbonyl (C=O) groups is 2. The molecule has 39 heavy (non-hydrogen) atoms. The molecule has 5 aromatic heterocycles. The van der Waals surface area contributed by atoms with Gasteiger partial charge in [-0.05, 0) is 90.7 Å². The first-order valence-corrected chi connectivity index (χ1v) is 13.5. The second kappa shape index (κ2) is 10.5. The van der Waals surface area contributed by atoms with Crippen LogP contribution in [0.4, 0.5) is 5.82 Å². The Balaban J connectivity index is 1.41. The average molecular weight is 660 g/mol. The van der Waals surface area contributed by atoms with Crippen LogP contribution in [0, 0.1) is 34.6 Å². The fourth-order valence-electron chi connectivity index (χ4n) is 4.09. The Kier molecular flexibility index (Phi) is 7.21. The number of amides is 2. The van der Waals surface area contributed by atoms with Gasteiger partial charge in [0.1, 0.15) is 17.3 Å². The van der Waals surface area contributed by atoms with Gasteiger partial charge >= 0.3 is 11.8 Å². The van der Waals surface area contributed by atoms with Crippen molar-refractivity contribution in [3.8, 4) is 0 Å². The first-order valence-electron chi connectivity index (χ1n) is 11.9. The van der Waals surface area contributed by atoms with Crippen molar-refractivity contribution >= 4 is 49.5 Å². The molecule has 0 saturated heterocycles. The van der Waals surface area contributed by atoms with Crippen molar-refractivity contribution in [1.82, 2.24) is 24.7 Å². The normalized spacial score (nSPS) is 11.4. The molecule has 0 aliphatic heterocycles. The van der Waals surface area contributed by atoms with E-state index >= 15 is 0 Å². The number of rotatable bonds is 7. The lowest BCUT2D eigenvalue weighted by atomic mass is 10.3. The Bertz CT molecular complexity index is 1600. The predicted octanol–water partition coefficient (Wildman–Crippen LogP) is 5.90. The number of furan rings is 2. The molecule has 0 aliphatic carbocycles. The number of hydrogen-bond acceptors (Lipinski definition) is 8. The van der Waals surface area contributed by atoms with Crippen LogP contribution in [0.5, 0.6) is 0 Å². The number of aryl methyl sites for hydroxylation is 3. The van der Waals surface area contributed by atoms with Crippen molar-refractivity contribution in [3.05, 3.63) is 90.9 Å². The van der Waals surface area contributed by atoms with E-state index in [1.165, 1.54) is 18.2 Å². The fraction of sp³-hybridized carbons (Fsp3) is 0.269. The van der Waals surface area contributed by atoms with Crippen molar-refractivity contribution in [1.29, 1.82) is 0 Å². The molecule has 0 atom stereocenters. The number of anilines is 1. The van der Waals surface area contributed by atoms with Gasteiger partial charge in [0.05, 0.1) is 44.8 Å². The maximum absolute atomic E-state index is 13.6. The number of aromatic nitrogens is 5. The zero-order valence-corrected chi connectivity index (χ0v) is 25.0. The molecule has 0 unspecified atom stereocenters. The smallest absolute Gasteiger partial charge is 0.302 e. The van der Waals surface area contributed by atoms with Gasteiger partial charge in [0, 0.05) is 6.07 Å². The van der Waals surface area contributed by atoms with Crippen LogP contribution in [-0.2, 0) is 13.1 Å². The maximum Gasteiger partial charge on any atom is 0.302 e. The van der Waals surface area contributed by atoms with Crippen LogP contribution in [0.15, 0.2) is 52.6 Å². The first kappa shape index (κ1) is 26.9. The molecule has 202 valence electrons. The summed E-state index contributed by atoms with van der Waals surface area (Å²) in [4.78, 5) is 28.0. The highest BCUT2D eigenvalue weighted by molar-refractivity contribution is 9.10. The highest BCUT2D eigenvalue weighted by Gasteiger charge is 2.32. The van der Waals surface area contributed by atoms with Crippen LogP contribution >= 0.6 is 31.9 Å². The molecule has 11 nitrogen and oxygen atoms in total. The number of nitrogens with zero attached hydrogens (tertiary/aromatic N) is 6. The Hall–Kier alpha value is -3.71. The van der Waals surface area contributed by atoms with E-state index in [-0.39, 0.29) is 17.3 Å². The predicted molar refractivity (Wildman–Crippen MR) is 147 cm³/mol. The van der Waals surface area contributed by atoms with Crippen LogP contribution in [-0.4, -0.2) is 36.5 Å². The third-order valence-corrected chi connectivity index (χ3v) is 8.49. The summed E-state index contributed by atoms with van der Waals surface area (Å²) in [6, 6.07) is 7.86. The van der Waals surface area contributed by atoms with Crippen LogP contribution in [0.25, 0.3) is 0 Å². The summed E-state index contributed by atoms with van der Waals surface area (Å²) in [5, 5.41) is 12.8. The molecule has 0 fully saturated rings. The molecular formula is C26H24Br2N6O5. The van der Waals surface area contributed by atoms with Gasteiger partial charge < -0.3 is 13.4 Å². The zero-order valence-electron chi connectivity index (χ0n) is 21.8. The minimum absolute atomic E-state index is 0.0170. The maximum atomic E-state index is 13.6. The van der Waals surface area contributed by atoms with Gasteiger partial charge in [-0.2, -0.15) is 10.2 Å². The van der Waals surface area contributed by atoms with Crippen molar-refractivity contribution in [2.24, 2.45) is 0 Å². The molecule has 0 saturated carbocycles. The van der Waals surface area contributed by atoms with Crippen molar-refractivity contribution in [3.63, 3.8) is 0 Å². The second-order valence-electron chi connectivity index (χ2n) is 9.06. The summed E-state index contributed by atoms with van der Waals surface area (Å²) in [7, 11) is 0. The highest BCUT2D eigenvalue weighted by Crippen LogP contribution is 2.25. The van der Waals surface area contributed by atoms with Gasteiger partial charge in [0.2, 0.25) is 0 Å². The Morgan fingerprint density at radius 3 is 1.62 bits per heavy atom. The van der Waals surface area contributed by atoms with Gasteiger partial charge in [0.25, 0.3) is 0 Å². The van der Waals surface area contributed by atoms with Gasteiger partial charge in [-0.3, -0.25) is 19.0 Å². The van der Waals surface area contributed by atoms with Gasteiger partial charge in [0.15, 0.2) is 17.3 Å². The zero-order chi connectivity index (χ0) is 28.0. The number of halogens is 2. The summed E-state index contributed by atoms with van der Waals surface area (Å²) >= 11 is 7.02. The summed E-state index contributed by atoms with van der Waals surface area (Å²) in [6.45, 7) is 9.93. The molecule has 5 aromatic rings. The Morgan fingerprint density at radius 2 is 1.26 bits per heavy atom.